The SMILES string of the molecule is COc1ccc(C(C(=O)NC2CCN(CCc3ccccc3)CC2)c2ccc(OC)cc2)cc1. The number of likely N-dealkylation sites (tertiary alicyclic amines) is 1. The van der Waals surface area contributed by atoms with E-state index in [1.807, 2.05) is 48.5 Å². The molecule has 0 spiro atoms. The summed E-state index contributed by atoms with van der Waals surface area (Å²) in [5, 5.41) is 3.34. The predicted octanol–water partition coefficient (Wildman–Crippen LogP) is 4.66. The van der Waals surface area contributed by atoms with E-state index in [0.717, 1.165) is 61.5 Å². The van der Waals surface area contributed by atoms with E-state index in [1.54, 1.807) is 14.2 Å². The number of hydrogen-bond donors (Lipinski definition) is 1. The summed E-state index contributed by atoms with van der Waals surface area (Å²) in [6.45, 7) is 3.08. The number of methoxy groups -OCH3 is 2. The van der Waals surface area contributed by atoms with Crippen molar-refractivity contribution in [1.82, 2.24) is 10.2 Å². The lowest BCUT2D eigenvalue weighted by Crippen LogP contribution is -2.46. The molecule has 4 rings (SSSR count). The van der Waals surface area contributed by atoms with Crippen molar-refractivity contribution < 1.29 is 14.3 Å². The van der Waals surface area contributed by atoms with E-state index in [4.69, 9.17) is 9.47 Å². The quantitative estimate of drug-likeness (QED) is 0.507. The van der Waals surface area contributed by atoms with E-state index in [2.05, 4.69) is 40.5 Å². The average molecular weight is 459 g/mol. The van der Waals surface area contributed by atoms with Gasteiger partial charge in [-0.25, -0.2) is 0 Å². The molecular weight excluding hydrogens is 424 g/mol. The van der Waals surface area contributed by atoms with Crippen molar-refractivity contribution in [3.63, 3.8) is 0 Å². The number of ether oxygens (including phenoxy) is 2. The van der Waals surface area contributed by atoms with Gasteiger partial charge in [0.1, 0.15) is 11.5 Å². The summed E-state index contributed by atoms with van der Waals surface area (Å²) >= 11 is 0. The second kappa shape index (κ2) is 11.7. The zero-order chi connectivity index (χ0) is 23.8. The zero-order valence-corrected chi connectivity index (χ0v) is 20.1. The lowest BCUT2D eigenvalue weighted by molar-refractivity contribution is -0.122. The zero-order valence-electron chi connectivity index (χ0n) is 20.1. The van der Waals surface area contributed by atoms with Crippen LogP contribution in [0.1, 0.15) is 35.4 Å². The average Bonchev–Trinajstić information content (AvgIpc) is 2.90. The van der Waals surface area contributed by atoms with Crippen LogP contribution in [0.25, 0.3) is 0 Å². The maximum absolute atomic E-state index is 13.5. The van der Waals surface area contributed by atoms with Crippen molar-refractivity contribution >= 4 is 5.91 Å². The minimum absolute atomic E-state index is 0.0399. The second-order valence-electron chi connectivity index (χ2n) is 8.84. The van der Waals surface area contributed by atoms with E-state index in [9.17, 15) is 4.79 Å². The lowest BCUT2D eigenvalue weighted by atomic mass is 9.89. The van der Waals surface area contributed by atoms with E-state index in [1.165, 1.54) is 5.56 Å². The molecule has 5 heteroatoms. The number of benzene rings is 3. The summed E-state index contributed by atoms with van der Waals surface area (Å²) < 4.78 is 10.6. The maximum atomic E-state index is 13.5. The molecule has 0 bridgehead atoms. The minimum Gasteiger partial charge on any atom is -0.497 e. The van der Waals surface area contributed by atoms with Crippen LogP contribution in [0.15, 0.2) is 78.9 Å². The van der Waals surface area contributed by atoms with Gasteiger partial charge in [0.25, 0.3) is 0 Å². The molecule has 0 atom stereocenters. The molecular formula is C29H34N2O3. The number of hydrogen-bond acceptors (Lipinski definition) is 4. The third-order valence-electron chi connectivity index (χ3n) is 6.65. The molecule has 0 saturated carbocycles. The molecule has 1 amide bonds. The molecule has 1 aliphatic heterocycles. The molecule has 34 heavy (non-hydrogen) atoms. The first-order chi connectivity index (χ1) is 16.7. The van der Waals surface area contributed by atoms with Gasteiger partial charge in [0.05, 0.1) is 20.1 Å². The molecule has 1 fully saturated rings. The Balaban J connectivity index is 1.39. The highest BCUT2D eigenvalue weighted by Crippen LogP contribution is 2.29. The summed E-state index contributed by atoms with van der Waals surface area (Å²) in [5.41, 5.74) is 3.27. The number of amides is 1. The Morgan fingerprint density at radius 3 is 1.88 bits per heavy atom. The normalized spacial score (nSPS) is 14.7. The molecule has 1 saturated heterocycles. The third kappa shape index (κ3) is 6.17. The fraction of sp³-hybridized carbons (Fsp3) is 0.345. The van der Waals surface area contributed by atoms with Gasteiger partial charge in [-0.05, 0) is 60.2 Å². The molecule has 1 N–H and O–H groups in total. The molecule has 0 aromatic heterocycles. The van der Waals surface area contributed by atoms with Crippen molar-refractivity contribution in [3.8, 4) is 11.5 Å². The van der Waals surface area contributed by atoms with E-state index >= 15 is 0 Å². The Morgan fingerprint density at radius 1 is 0.853 bits per heavy atom. The van der Waals surface area contributed by atoms with Gasteiger partial charge in [0.15, 0.2) is 0 Å². The van der Waals surface area contributed by atoms with Crippen LogP contribution in [0.3, 0.4) is 0 Å². The smallest absolute Gasteiger partial charge is 0.232 e. The Kier molecular flexibility index (Phi) is 8.21. The van der Waals surface area contributed by atoms with Gasteiger partial charge in [-0.2, -0.15) is 0 Å². The Morgan fingerprint density at radius 2 is 1.38 bits per heavy atom. The molecule has 3 aromatic carbocycles. The summed E-state index contributed by atoms with van der Waals surface area (Å²) in [6, 6.07) is 26.3. The van der Waals surface area contributed by atoms with Gasteiger partial charge in [-0.15, -0.1) is 0 Å². The van der Waals surface area contributed by atoms with Crippen LogP contribution < -0.4 is 14.8 Å². The molecule has 3 aromatic rings. The van der Waals surface area contributed by atoms with Crippen LogP contribution in [0.2, 0.25) is 0 Å². The van der Waals surface area contributed by atoms with Gasteiger partial charge in [0.2, 0.25) is 5.91 Å². The second-order valence-corrected chi connectivity index (χ2v) is 8.84. The third-order valence-corrected chi connectivity index (χ3v) is 6.65. The fourth-order valence-corrected chi connectivity index (χ4v) is 4.61. The first-order valence-electron chi connectivity index (χ1n) is 12.0. The molecule has 178 valence electrons. The van der Waals surface area contributed by atoms with Gasteiger partial charge in [-0.3, -0.25) is 4.79 Å². The number of nitrogens with one attached hydrogen (secondary N) is 1. The number of carbonyl (C=O) groups excluding carboxylic acids is 1. The maximum Gasteiger partial charge on any atom is 0.232 e. The van der Waals surface area contributed by atoms with Crippen LogP contribution in [-0.4, -0.2) is 50.7 Å². The van der Waals surface area contributed by atoms with Crippen LogP contribution in [0.4, 0.5) is 0 Å². The predicted molar refractivity (Wildman–Crippen MR) is 136 cm³/mol. The fourth-order valence-electron chi connectivity index (χ4n) is 4.61. The van der Waals surface area contributed by atoms with E-state index in [-0.39, 0.29) is 17.9 Å². The van der Waals surface area contributed by atoms with Crippen molar-refractivity contribution in [1.29, 1.82) is 0 Å². The molecule has 1 aliphatic rings. The number of piperidine rings is 1. The highest BCUT2D eigenvalue weighted by molar-refractivity contribution is 5.87. The lowest BCUT2D eigenvalue weighted by Gasteiger charge is -2.33. The Labute approximate surface area is 202 Å². The van der Waals surface area contributed by atoms with Gasteiger partial charge >= 0.3 is 0 Å². The first-order valence-corrected chi connectivity index (χ1v) is 12.0. The topological polar surface area (TPSA) is 50.8 Å². The van der Waals surface area contributed by atoms with Crippen molar-refractivity contribution in [2.24, 2.45) is 0 Å². The Bertz CT molecular complexity index is 980. The summed E-state index contributed by atoms with van der Waals surface area (Å²) in [4.78, 5) is 16.0. The van der Waals surface area contributed by atoms with Crippen molar-refractivity contribution in [2.75, 3.05) is 33.9 Å². The number of carbonyl (C=O) groups is 1. The van der Waals surface area contributed by atoms with E-state index < -0.39 is 0 Å². The van der Waals surface area contributed by atoms with Gasteiger partial charge in [0, 0.05) is 25.7 Å². The van der Waals surface area contributed by atoms with Gasteiger partial charge < -0.3 is 19.7 Å². The highest BCUT2D eigenvalue weighted by atomic mass is 16.5. The van der Waals surface area contributed by atoms with Crippen LogP contribution in [-0.2, 0) is 11.2 Å². The molecule has 5 nitrogen and oxygen atoms in total. The van der Waals surface area contributed by atoms with Crippen LogP contribution in [0, 0.1) is 0 Å². The summed E-state index contributed by atoms with van der Waals surface area (Å²) in [6.07, 6.45) is 3.01. The standard InChI is InChI=1S/C29H34N2O3/c1-33-26-12-8-23(9-13-26)28(24-10-14-27(34-2)15-11-24)29(32)30-25-17-20-31(21-18-25)19-16-22-6-4-3-5-7-22/h3-15,25,28H,16-21H2,1-2H3,(H,30,32). The molecule has 1 heterocycles. The van der Waals surface area contributed by atoms with Crippen LogP contribution in [0.5, 0.6) is 11.5 Å². The highest BCUT2D eigenvalue weighted by Gasteiger charge is 2.27. The first kappa shape index (κ1) is 23.8. The number of nitrogens with zero attached hydrogens (tertiary/aromatic N) is 1. The summed E-state index contributed by atoms with van der Waals surface area (Å²) in [7, 11) is 3.30. The number of rotatable bonds is 9. The van der Waals surface area contributed by atoms with Crippen molar-refractivity contribution in [3.05, 3.63) is 95.6 Å². The molecule has 0 radical (unpaired) electrons. The van der Waals surface area contributed by atoms with Crippen LogP contribution >= 0.6 is 0 Å². The molecule has 0 unspecified atom stereocenters. The molecule has 0 aliphatic carbocycles. The minimum atomic E-state index is -0.382. The Hall–Kier alpha value is -3.31. The monoisotopic (exact) mass is 458 g/mol. The van der Waals surface area contributed by atoms with Crippen molar-refractivity contribution in [2.45, 2.75) is 31.2 Å². The largest absolute Gasteiger partial charge is 0.497 e. The summed E-state index contributed by atoms with van der Waals surface area (Å²) in [5.74, 6) is 1.21. The van der Waals surface area contributed by atoms with E-state index in [0.29, 0.717) is 0 Å². The van der Waals surface area contributed by atoms with Gasteiger partial charge in [-0.1, -0.05) is 54.6 Å².